The lowest BCUT2D eigenvalue weighted by molar-refractivity contribution is -0.0230. The molecule has 5 nitrogen and oxygen atoms in total. The van der Waals surface area contributed by atoms with E-state index in [0.29, 0.717) is 31.0 Å². The number of aryl methyl sites for hydroxylation is 1. The van der Waals surface area contributed by atoms with Crippen LogP contribution in [0, 0.1) is 23.2 Å². The lowest BCUT2D eigenvalue weighted by Crippen LogP contribution is -2.39. The molecule has 4 atom stereocenters. The molecule has 3 saturated heterocycles. The monoisotopic (exact) mass is 464 g/mol. The van der Waals surface area contributed by atoms with Crippen LogP contribution in [-0.2, 0) is 11.2 Å². The third kappa shape index (κ3) is 3.20. The van der Waals surface area contributed by atoms with Gasteiger partial charge in [0, 0.05) is 59.8 Å². The quantitative estimate of drug-likeness (QED) is 0.513. The van der Waals surface area contributed by atoms with Gasteiger partial charge in [0.15, 0.2) is 5.78 Å². The van der Waals surface area contributed by atoms with Crippen LogP contribution in [0.25, 0.3) is 10.8 Å². The van der Waals surface area contributed by atoms with Crippen LogP contribution in [0.5, 0.6) is 5.75 Å². The molecule has 5 heteroatoms. The largest absolute Gasteiger partial charge is 0.493 e. The number of nitriles is 1. The van der Waals surface area contributed by atoms with Crippen LogP contribution >= 0.6 is 0 Å². The number of ketones is 1. The Morgan fingerprint density at radius 1 is 1.09 bits per heavy atom. The third-order valence-electron chi connectivity index (χ3n) is 8.91. The summed E-state index contributed by atoms with van der Waals surface area (Å²) in [4.78, 5) is 14.4. The number of nitrogens with zero attached hydrogens (tertiary/aromatic N) is 2. The average Bonchev–Trinajstić information content (AvgIpc) is 3.65. The molecule has 176 valence electrons. The van der Waals surface area contributed by atoms with E-state index in [-0.39, 0.29) is 11.4 Å². The molecule has 3 aromatic rings. The van der Waals surface area contributed by atoms with E-state index >= 15 is 0 Å². The van der Waals surface area contributed by atoms with Crippen molar-refractivity contribution in [2.45, 2.75) is 43.8 Å². The first kappa shape index (κ1) is 21.0. The average molecular weight is 465 g/mol. The summed E-state index contributed by atoms with van der Waals surface area (Å²) in [6.45, 7) is 2.62. The number of anilines is 1. The second-order valence-corrected chi connectivity index (χ2v) is 10.6. The van der Waals surface area contributed by atoms with Crippen LogP contribution in [-0.4, -0.2) is 37.2 Å². The third-order valence-corrected chi connectivity index (χ3v) is 8.91. The Morgan fingerprint density at radius 3 is 2.86 bits per heavy atom. The number of ether oxygens (including phenoxy) is 2. The lowest BCUT2D eigenvalue weighted by Gasteiger charge is -2.33. The first-order chi connectivity index (χ1) is 17.1. The van der Waals surface area contributed by atoms with E-state index in [1.54, 1.807) is 0 Å². The van der Waals surface area contributed by atoms with Gasteiger partial charge in [-0.15, -0.1) is 0 Å². The van der Waals surface area contributed by atoms with Crippen molar-refractivity contribution in [3.63, 3.8) is 0 Å². The molecular weight excluding hydrogens is 436 g/mol. The van der Waals surface area contributed by atoms with Gasteiger partial charge in [-0.25, -0.2) is 0 Å². The molecule has 0 radical (unpaired) electrons. The summed E-state index contributed by atoms with van der Waals surface area (Å²) in [5, 5.41) is 11.7. The number of hydrogen-bond acceptors (Lipinski definition) is 5. The van der Waals surface area contributed by atoms with Gasteiger partial charge in [-0.3, -0.25) is 4.79 Å². The summed E-state index contributed by atoms with van der Waals surface area (Å²) < 4.78 is 12.8. The maximum Gasteiger partial charge on any atom is 0.163 e. The van der Waals surface area contributed by atoms with Crippen molar-refractivity contribution in [1.29, 1.82) is 5.26 Å². The molecule has 3 aliphatic heterocycles. The predicted molar refractivity (Wildman–Crippen MR) is 134 cm³/mol. The normalized spacial score (nSPS) is 28.4. The molecule has 3 fully saturated rings. The number of rotatable bonds is 5. The van der Waals surface area contributed by atoms with Crippen LogP contribution in [0.4, 0.5) is 5.69 Å². The highest BCUT2D eigenvalue weighted by Crippen LogP contribution is 2.56. The lowest BCUT2D eigenvalue weighted by atomic mass is 9.72. The Kier molecular flexibility index (Phi) is 4.69. The minimum atomic E-state index is -0.112. The van der Waals surface area contributed by atoms with Crippen molar-refractivity contribution in [2.24, 2.45) is 11.8 Å². The summed E-state index contributed by atoms with van der Waals surface area (Å²) in [6, 6.07) is 20.6. The Labute approximate surface area is 205 Å². The number of fused-ring (bicyclic) bond motifs is 7. The van der Waals surface area contributed by atoms with Crippen LogP contribution in [0.15, 0.2) is 54.6 Å². The van der Waals surface area contributed by atoms with Gasteiger partial charge >= 0.3 is 0 Å². The molecular formula is C30H28N2O3. The molecule has 0 N–H and O–H groups in total. The Bertz CT molecular complexity index is 1390. The summed E-state index contributed by atoms with van der Waals surface area (Å²) >= 11 is 0. The van der Waals surface area contributed by atoms with Gasteiger partial charge in [-0.05, 0) is 55.2 Å². The number of Topliss-reactive ketones (excluding diaryl/α,β-unsaturated/α-hetero) is 1. The molecule has 0 unspecified atom stereocenters. The molecule has 0 saturated carbocycles. The summed E-state index contributed by atoms with van der Waals surface area (Å²) in [5.74, 6) is 2.14. The van der Waals surface area contributed by atoms with E-state index in [1.165, 1.54) is 5.69 Å². The molecule has 35 heavy (non-hydrogen) atoms. The molecule has 0 spiro atoms. The topological polar surface area (TPSA) is 62.6 Å². The minimum absolute atomic E-state index is 0.112. The number of carbonyl (C=O) groups is 1. The first-order valence-corrected chi connectivity index (χ1v) is 12.8. The second kappa shape index (κ2) is 7.83. The van der Waals surface area contributed by atoms with Crippen molar-refractivity contribution in [3.05, 3.63) is 71.3 Å². The zero-order chi connectivity index (χ0) is 23.6. The molecule has 3 heterocycles. The molecule has 3 aromatic carbocycles. The SMILES string of the molecule is N#Cc1ccc(N2C[C@H]3[C@@H](C2)[C@]2(CCOc4ccc5c(c4)CCC5=O)CC[C@H]3O2)c2ccccc12. The Morgan fingerprint density at radius 2 is 1.97 bits per heavy atom. The summed E-state index contributed by atoms with van der Waals surface area (Å²) in [6.07, 6.45) is 4.89. The number of carbonyl (C=O) groups excluding carboxylic acids is 1. The minimum Gasteiger partial charge on any atom is -0.493 e. The van der Waals surface area contributed by atoms with Crippen LogP contribution in [0.2, 0.25) is 0 Å². The smallest absolute Gasteiger partial charge is 0.163 e. The molecule has 1 aliphatic carbocycles. The maximum absolute atomic E-state index is 11.9. The zero-order valence-corrected chi connectivity index (χ0v) is 19.7. The van der Waals surface area contributed by atoms with E-state index in [4.69, 9.17) is 9.47 Å². The van der Waals surface area contributed by atoms with Gasteiger partial charge in [-0.1, -0.05) is 24.3 Å². The summed E-state index contributed by atoms with van der Waals surface area (Å²) in [5.41, 5.74) is 3.83. The standard InChI is InChI=1S/C30H28N2O3/c31-16-20-5-9-27(24-4-2-1-3-22(20)24)32-17-25-26(18-32)30(12-11-29(25)35-30)13-14-34-21-7-8-23-19(15-21)6-10-28(23)33/h1-5,7-9,15,25-26,29H,6,10-14,17-18H2/t25-,26+,29+,30+/m0/s1. The maximum atomic E-state index is 11.9. The zero-order valence-electron chi connectivity index (χ0n) is 19.7. The van der Waals surface area contributed by atoms with E-state index in [1.807, 2.05) is 30.3 Å². The van der Waals surface area contributed by atoms with E-state index in [2.05, 4.69) is 35.2 Å². The fraction of sp³-hybridized carbons (Fsp3) is 0.400. The highest BCUT2D eigenvalue weighted by atomic mass is 16.5. The Balaban J connectivity index is 1.09. The van der Waals surface area contributed by atoms with Gasteiger partial charge < -0.3 is 14.4 Å². The number of hydrogen-bond donors (Lipinski definition) is 0. The van der Waals surface area contributed by atoms with Gasteiger partial charge in [-0.2, -0.15) is 5.26 Å². The Hall–Kier alpha value is -3.36. The molecule has 4 aliphatic rings. The molecule has 0 amide bonds. The molecule has 0 aromatic heterocycles. The van der Waals surface area contributed by atoms with Crippen LogP contribution < -0.4 is 9.64 Å². The highest BCUT2D eigenvalue weighted by molar-refractivity contribution is 6.00. The second-order valence-electron chi connectivity index (χ2n) is 10.6. The van der Waals surface area contributed by atoms with Crippen molar-refractivity contribution in [2.75, 3.05) is 24.6 Å². The predicted octanol–water partition coefficient (Wildman–Crippen LogP) is 5.29. The van der Waals surface area contributed by atoms with Crippen molar-refractivity contribution in [3.8, 4) is 11.8 Å². The van der Waals surface area contributed by atoms with Crippen molar-refractivity contribution in [1.82, 2.24) is 0 Å². The number of benzene rings is 3. The molecule has 2 bridgehead atoms. The highest BCUT2D eigenvalue weighted by Gasteiger charge is 2.61. The molecule has 7 rings (SSSR count). The first-order valence-electron chi connectivity index (χ1n) is 12.8. The van der Waals surface area contributed by atoms with Crippen LogP contribution in [0.1, 0.15) is 47.2 Å². The fourth-order valence-corrected chi connectivity index (χ4v) is 7.23. The van der Waals surface area contributed by atoms with E-state index in [9.17, 15) is 10.1 Å². The van der Waals surface area contributed by atoms with E-state index < -0.39 is 0 Å². The van der Waals surface area contributed by atoms with Crippen LogP contribution in [0.3, 0.4) is 0 Å². The van der Waals surface area contributed by atoms with Gasteiger partial charge in [0.25, 0.3) is 0 Å². The fourth-order valence-electron chi connectivity index (χ4n) is 7.23. The van der Waals surface area contributed by atoms with Gasteiger partial charge in [0.05, 0.1) is 29.9 Å². The van der Waals surface area contributed by atoms with E-state index in [0.717, 1.165) is 72.0 Å². The van der Waals surface area contributed by atoms with Crippen molar-refractivity contribution >= 4 is 22.2 Å². The van der Waals surface area contributed by atoms with Gasteiger partial charge in [0.1, 0.15) is 5.75 Å². The van der Waals surface area contributed by atoms with Crippen molar-refractivity contribution < 1.29 is 14.3 Å². The summed E-state index contributed by atoms with van der Waals surface area (Å²) in [7, 11) is 0. The van der Waals surface area contributed by atoms with Gasteiger partial charge in [0.2, 0.25) is 0 Å².